The molecule has 1 aliphatic carbocycles. The Bertz CT molecular complexity index is 491. The molecule has 1 aliphatic rings. The highest BCUT2D eigenvalue weighted by Crippen LogP contribution is 2.33. The average Bonchev–Trinajstić information content (AvgIpc) is 2.43. The fraction of sp³-hybridized carbons (Fsp3) is 0.538. The Morgan fingerprint density at radius 2 is 1.30 bits per heavy atom. The summed E-state index contributed by atoms with van der Waals surface area (Å²) in [4.78, 5) is 1.07. The highest BCUT2D eigenvalue weighted by molar-refractivity contribution is 5.51. The molecule has 0 bridgehead atoms. The third-order valence-corrected chi connectivity index (χ3v) is 3.82. The standard InChI is InChI=1S/C13H15F5N2/c1-20(7-5-3-2-4-6(7)19)13-11(17)9(15)8(14)10(16)12(13)18/h6-7H,2-5,19H2,1H3. The molecule has 2 nitrogen and oxygen atoms in total. The number of benzene rings is 1. The van der Waals surface area contributed by atoms with Gasteiger partial charge in [0.1, 0.15) is 5.69 Å². The molecule has 2 unspecified atom stereocenters. The predicted molar refractivity (Wildman–Crippen MR) is 64.9 cm³/mol. The molecule has 0 spiro atoms. The molecule has 0 aliphatic heterocycles. The second kappa shape index (κ2) is 5.55. The smallest absolute Gasteiger partial charge is 0.200 e. The number of hydrogen-bond donors (Lipinski definition) is 1. The molecule has 20 heavy (non-hydrogen) atoms. The van der Waals surface area contributed by atoms with Gasteiger partial charge in [0.05, 0.1) is 0 Å². The molecule has 7 heteroatoms. The van der Waals surface area contributed by atoms with Crippen LogP contribution in [0, 0.1) is 29.1 Å². The molecule has 0 saturated heterocycles. The van der Waals surface area contributed by atoms with Crippen molar-refractivity contribution >= 4 is 5.69 Å². The van der Waals surface area contributed by atoms with E-state index in [1.165, 1.54) is 7.05 Å². The number of anilines is 1. The summed E-state index contributed by atoms with van der Waals surface area (Å²) in [5.74, 6) is -9.65. The first-order chi connectivity index (χ1) is 9.36. The quantitative estimate of drug-likeness (QED) is 0.516. The minimum Gasteiger partial charge on any atom is -0.365 e. The van der Waals surface area contributed by atoms with Gasteiger partial charge in [-0.3, -0.25) is 0 Å². The summed E-state index contributed by atoms with van der Waals surface area (Å²) in [6, 6.07) is -0.805. The molecular weight excluding hydrogens is 279 g/mol. The predicted octanol–water partition coefficient (Wildman–Crippen LogP) is 3.09. The molecule has 1 aromatic carbocycles. The third kappa shape index (κ3) is 2.34. The van der Waals surface area contributed by atoms with Crippen molar-refractivity contribution in [1.82, 2.24) is 0 Å². The highest BCUT2D eigenvalue weighted by atomic mass is 19.2. The summed E-state index contributed by atoms with van der Waals surface area (Å²) in [5.41, 5.74) is 4.96. The van der Waals surface area contributed by atoms with E-state index in [1.54, 1.807) is 0 Å². The largest absolute Gasteiger partial charge is 0.365 e. The highest BCUT2D eigenvalue weighted by Gasteiger charge is 2.33. The third-order valence-electron chi connectivity index (χ3n) is 3.82. The zero-order valence-corrected chi connectivity index (χ0v) is 10.9. The minimum atomic E-state index is -2.15. The van der Waals surface area contributed by atoms with Crippen molar-refractivity contribution in [2.45, 2.75) is 37.8 Å². The van der Waals surface area contributed by atoms with E-state index in [2.05, 4.69) is 0 Å². The van der Waals surface area contributed by atoms with Gasteiger partial charge in [-0.1, -0.05) is 12.8 Å². The van der Waals surface area contributed by atoms with Crippen LogP contribution in [0.15, 0.2) is 0 Å². The molecule has 112 valence electrons. The van der Waals surface area contributed by atoms with Crippen LogP contribution in [0.5, 0.6) is 0 Å². The van der Waals surface area contributed by atoms with Gasteiger partial charge in [-0.05, 0) is 12.8 Å². The summed E-state index contributed by atoms with van der Waals surface area (Å²) in [6.07, 6.45) is 2.91. The van der Waals surface area contributed by atoms with Crippen LogP contribution in [-0.4, -0.2) is 19.1 Å². The molecule has 2 atom stereocenters. The van der Waals surface area contributed by atoms with Crippen LogP contribution in [0.2, 0.25) is 0 Å². The normalized spacial score (nSPS) is 22.9. The van der Waals surface area contributed by atoms with Gasteiger partial charge >= 0.3 is 0 Å². The number of nitrogens with two attached hydrogens (primary N) is 1. The van der Waals surface area contributed by atoms with Gasteiger partial charge < -0.3 is 10.6 Å². The molecule has 0 aromatic heterocycles. The van der Waals surface area contributed by atoms with Crippen LogP contribution in [0.4, 0.5) is 27.6 Å². The lowest BCUT2D eigenvalue weighted by molar-refractivity contribution is 0.352. The fourth-order valence-electron chi connectivity index (χ4n) is 2.69. The fourth-order valence-corrected chi connectivity index (χ4v) is 2.69. The Morgan fingerprint density at radius 3 is 1.80 bits per heavy atom. The van der Waals surface area contributed by atoms with Gasteiger partial charge in [0, 0.05) is 19.1 Å². The van der Waals surface area contributed by atoms with E-state index in [0.29, 0.717) is 12.8 Å². The average molecular weight is 294 g/mol. The van der Waals surface area contributed by atoms with Crippen LogP contribution in [0.1, 0.15) is 25.7 Å². The van der Waals surface area contributed by atoms with Gasteiger partial charge in [0.15, 0.2) is 23.3 Å². The molecule has 0 amide bonds. The summed E-state index contributed by atoms with van der Waals surface area (Å²) < 4.78 is 66.9. The summed E-state index contributed by atoms with van der Waals surface area (Å²) in [7, 11) is 1.30. The number of halogens is 5. The topological polar surface area (TPSA) is 29.3 Å². The Balaban J connectivity index is 2.46. The van der Waals surface area contributed by atoms with Crippen molar-refractivity contribution in [2.75, 3.05) is 11.9 Å². The summed E-state index contributed by atoms with van der Waals surface area (Å²) in [6.45, 7) is 0. The van der Waals surface area contributed by atoms with Crippen LogP contribution in [-0.2, 0) is 0 Å². The van der Waals surface area contributed by atoms with Gasteiger partial charge in [-0.15, -0.1) is 0 Å². The van der Waals surface area contributed by atoms with E-state index >= 15 is 0 Å². The zero-order chi connectivity index (χ0) is 15.0. The number of hydrogen-bond acceptors (Lipinski definition) is 2. The van der Waals surface area contributed by atoms with Crippen molar-refractivity contribution in [3.63, 3.8) is 0 Å². The van der Waals surface area contributed by atoms with E-state index in [0.717, 1.165) is 17.7 Å². The Labute approximate surface area is 113 Å². The monoisotopic (exact) mass is 294 g/mol. The van der Waals surface area contributed by atoms with Gasteiger partial charge in [-0.25, -0.2) is 22.0 Å². The molecule has 2 N–H and O–H groups in total. The van der Waals surface area contributed by atoms with Crippen molar-refractivity contribution in [3.8, 4) is 0 Å². The number of likely N-dealkylation sites (N-methyl/N-ethyl adjacent to an activating group) is 1. The number of rotatable bonds is 2. The Kier molecular flexibility index (Phi) is 4.17. The van der Waals surface area contributed by atoms with E-state index in [4.69, 9.17) is 5.73 Å². The Hall–Kier alpha value is -1.37. The summed E-state index contributed by atoms with van der Waals surface area (Å²) in [5, 5.41) is 0. The molecule has 2 rings (SSSR count). The van der Waals surface area contributed by atoms with Crippen molar-refractivity contribution < 1.29 is 22.0 Å². The lowest BCUT2D eigenvalue weighted by Gasteiger charge is -2.37. The second-order valence-electron chi connectivity index (χ2n) is 5.05. The van der Waals surface area contributed by atoms with E-state index in [9.17, 15) is 22.0 Å². The lowest BCUT2D eigenvalue weighted by atomic mass is 9.89. The van der Waals surface area contributed by atoms with E-state index < -0.39 is 40.8 Å². The van der Waals surface area contributed by atoms with Crippen molar-refractivity contribution in [3.05, 3.63) is 29.1 Å². The Morgan fingerprint density at radius 1 is 0.850 bits per heavy atom. The van der Waals surface area contributed by atoms with Crippen molar-refractivity contribution in [1.29, 1.82) is 0 Å². The minimum absolute atomic E-state index is 0.358. The molecule has 1 aromatic rings. The zero-order valence-electron chi connectivity index (χ0n) is 10.9. The molecule has 0 heterocycles. The van der Waals surface area contributed by atoms with E-state index in [1.807, 2.05) is 0 Å². The van der Waals surface area contributed by atoms with Gasteiger partial charge in [0.2, 0.25) is 5.82 Å². The first kappa shape index (κ1) is 15.0. The molecule has 1 saturated carbocycles. The maximum absolute atomic E-state index is 13.7. The SMILES string of the molecule is CN(c1c(F)c(F)c(F)c(F)c1F)C1CCCCC1N. The van der Waals surface area contributed by atoms with Crippen LogP contribution < -0.4 is 10.6 Å². The number of nitrogens with zero attached hydrogens (tertiary/aromatic N) is 1. The molecule has 0 radical (unpaired) electrons. The van der Waals surface area contributed by atoms with Crippen molar-refractivity contribution in [2.24, 2.45) is 5.73 Å². The maximum Gasteiger partial charge on any atom is 0.200 e. The molecular formula is C13H15F5N2. The van der Waals surface area contributed by atoms with Crippen LogP contribution in [0.3, 0.4) is 0 Å². The van der Waals surface area contributed by atoms with E-state index in [-0.39, 0.29) is 6.04 Å². The lowest BCUT2D eigenvalue weighted by Crippen LogP contribution is -2.48. The van der Waals surface area contributed by atoms with Gasteiger partial charge in [-0.2, -0.15) is 0 Å². The van der Waals surface area contributed by atoms with Crippen LogP contribution in [0.25, 0.3) is 0 Å². The maximum atomic E-state index is 13.7. The first-order valence-electron chi connectivity index (χ1n) is 6.36. The summed E-state index contributed by atoms with van der Waals surface area (Å²) >= 11 is 0. The second-order valence-corrected chi connectivity index (χ2v) is 5.05. The molecule has 1 fully saturated rings. The van der Waals surface area contributed by atoms with Crippen LogP contribution >= 0.6 is 0 Å². The first-order valence-corrected chi connectivity index (χ1v) is 6.36. The van der Waals surface area contributed by atoms with Gasteiger partial charge in [0.25, 0.3) is 0 Å².